The Bertz CT molecular complexity index is 879. The summed E-state index contributed by atoms with van der Waals surface area (Å²) in [5.74, 6) is 2.31. The number of rotatable bonds is 17. The lowest BCUT2D eigenvalue weighted by atomic mass is 9.99. The normalized spacial score (nSPS) is 18.9. The number of nitrogens with two attached hydrogens (primary N) is 1. The lowest BCUT2D eigenvalue weighted by Crippen LogP contribution is -2.47. The van der Waals surface area contributed by atoms with Crippen molar-refractivity contribution in [3.05, 3.63) is 36.1 Å². The highest BCUT2D eigenvalue weighted by atomic mass is 32.2. The number of ether oxygens (including phenoxy) is 1. The third-order valence-electron chi connectivity index (χ3n) is 7.49. The first-order valence-electron chi connectivity index (χ1n) is 16.1. The second kappa shape index (κ2) is 25.1. The van der Waals surface area contributed by atoms with Crippen LogP contribution in [0.3, 0.4) is 0 Å². The van der Waals surface area contributed by atoms with Crippen LogP contribution in [0.4, 0.5) is 4.79 Å². The van der Waals surface area contributed by atoms with Crippen molar-refractivity contribution >= 4 is 28.8 Å². The topological polar surface area (TPSA) is 123 Å². The molecule has 4 N–H and O–H groups in total. The van der Waals surface area contributed by atoms with Crippen molar-refractivity contribution in [3.8, 4) is 0 Å². The van der Waals surface area contributed by atoms with Crippen LogP contribution in [0.5, 0.6) is 0 Å². The Morgan fingerprint density at radius 3 is 2.44 bits per heavy atom. The molecule has 1 amide bonds. The van der Waals surface area contributed by atoms with Crippen molar-refractivity contribution < 1.29 is 19.4 Å². The van der Waals surface area contributed by atoms with E-state index in [4.69, 9.17) is 21.0 Å². The predicted molar refractivity (Wildman–Crippen MR) is 183 cm³/mol. The number of nitrogens with zero attached hydrogens (tertiary/aromatic N) is 3. The van der Waals surface area contributed by atoms with Crippen LogP contribution in [-0.2, 0) is 9.53 Å². The summed E-state index contributed by atoms with van der Waals surface area (Å²) in [6.45, 7) is 20.0. The third kappa shape index (κ3) is 16.9. The quantitative estimate of drug-likeness (QED) is 0.0939. The maximum absolute atomic E-state index is 13.2. The zero-order valence-corrected chi connectivity index (χ0v) is 28.7. The van der Waals surface area contributed by atoms with Gasteiger partial charge in [0, 0.05) is 51.7 Å². The van der Waals surface area contributed by atoms with Gasteiger partial charge in [0.05, 0.1) is 19.0 Å². The van der Waals surface area contributed by atoms with E-state index in [-0.39, 0.29) is 5.91 Å². The summed E-state index contributed by atoms with van der Waals surface area (Å²) in [5.41, 5.74) is 6.95. The van der Waals surface area contributed by atoms with E-state index in [0.29, 0.717) is 31.6 Å². The van der Waals surface area contributed by atoms with Gasteiger partial charge in [-0.2, -0.15) is 0 Å². The number of thioether (sulfide) groups is 1. The highest BCUT2D eigenvalue weighted by Crippen LogP contribution is 2.29. The number of amides is 1. The molecule has 2 aliphatic rings. The number of carbonyl (C=O) groups excluding carboxylic acids is 1. The van der Waals surface area contributed by atoms with Crippen LogP contribution in [0, 0.1) is 11.3 Å². The molecule has 0 aromatic rings. The maximum atomic E-state index is 13.2. The Balaban J connectivity index is 0.00000227. The molecule has 2 rings (SSSR count). The van der Waals surface area contributed by atoms with Gasteiger partial charge >= 0.3 is 5.30 Å². The molecule has 0 aromatic heterocycles. The fourth-order valence-corrected chi connectivity index (χ4v) is 5.14. The van der Waals surface area contributed by atoms with E-state index in [2.05, 4.69) is 43.2 Å². The highest BCUT2D eigenvalue weighted by molar-refractivity contribution is 8.12. The van der Waals surface area contributed by atoms with E-state index in [0.717, 1.165) is 113 Å². The fraction of sp³-hybridized carbons (Fsp3) is 0.727. The standard InChI is InChI=1S/C29H51N5O2.C2H4O2S.C2H6/c1-5-8-16-32(18-15-30)29(35)23-34-21-25(20-26(34)22-33-17-10-12-28(33)31)14-13-24(4)27(11-7-3)36-19-9-6-2;1-5-2(3)4;1-2/h7,11,13,25-26,31H,3,5-6,8-10,12,14-23,30H2,1-2,4H3;1H3,(H,3,4);1-2H3/b24-13-,27-11+,31-28?;;. The Morgan fingerprint density at radius 1 is 1.23 bits per heavy atom. The van der Waals surface area contributed by atoms with E-state index < -0.39 is 5.30 Å². The summed E-state index contributed by atoms with van der Waals surface area (Å²) in [6, 6.07) is 0.293. The first-order chi connectivity index (χ1) is 20.7. The minimum atomic E-state index is -0.829. The van der Waals surface area contributed by atoms with Gasteiger partial charge in [-0.25, -0.2) is 4.79 Å². The van der Waals surface area contributed by atoms with Crippen molar-refractivity contribution in [1.82, 2.24) is 14.7 Å². The van der Waals surface area contributed by atoms with Gasteiger partial charge in [0.1, 0.15) is 5.76 Å². The number of hydrogen-bond acceptors (Lipinski definition) is 7. The molecule has 2 fully saturated rings. The zero-order chi connectivity index (χ0) is 32.6. The van der Waals surface area contributed by atoms with E-state index in [1.54, 1.807) is 6.08 Å². The van der Waals surface area contributed by atoms with Crippen molar-refractivity contribution in [2.75, 3.05) is 58.7 Å². The largest absolute Gasteiger partial charge is 0.493 e. The van der Waals surface area contributed by atoms with Crippen LogP contribution in [0.25, 0.3) is 0 Å². The maximum Gasteiger partial charge on any atom is 0.364 e. The Labute approximate surface area is 266 Å². The highest BCUT2D eigenvalue weighted by Gasteiger charge is 2.35. The average Bonchev–Trinajstić information content (AvgIpc) is 3.59. The first-order valence-corrected chi connectivity index (χ1v) is 17.4. The summed E-state index contributed by atoms with van der Waals surface area (Å²) in [7, 11) is 0. The van der Waals surface area contributed by atoms with Gasteiger partial charge in [0.2, 0.25) is 5.91 Å². The van der Waals surface area contributed by atoms with Crippen molar-refractivity contribution in [2.45, 2.75) is 92.0 Å². The molecule has 10 heteroatoms. The predicted octanol–water partition coefficient (Wildman–Crippen LogP) is 6.61. The summed E-state index contributed by atoms with van der Waals surface area (Å²) in [6.07, 6.45) is 15.7. The van der Waals surface area contributed by atoms with Gasteiger partial charge in [0.25, 0.3) is 0 Å². The monoisotopic (exact) mass is 623 g/mol. The number of nitrogens with one attached hydrogen (secondary N) is 1. The molecule has 0 saturated carbocycles. The second-order valence-electron chi connectivity index (χ2n) is 10.8. The molecule has 2 heterocycles. The van der Waals surface area contributed by atoms with Gasteiger partial charge in [-0.05, 0) is 74.6 Å². The third-order valence-corrected chi connectivity index (χ3v) is 7.84. The molecule has 2 saturated heterocycles. The fourth-order valence-electron chi connectivity index (χ4n) is 5.14. The molecule has 0 aliphatic carbocycles. The van der Waals surface area contributed by atoms with Gasteiger partial charge < -0.3 is 25.4 Å². The molecular weight excluding hydrogens is 562 g/mol. The number of unbranched alkanes of at least 4 members (excludes halogenated alkanes) is 2. The van der Waals surface area contributed by atoms with E-state index in [1.165, 1.54) is 6.26 Å². The number of allylic oxidation sites excluding steroid dienone is 4. The number of likely N-dealkylation sites (tertiary alicyclic amines) is 2. The molecule has 0 radical (unpaired) electrons. The molecule has 248 valence electrons. The minimum absolute atomic E-state index is 0.184. The molecule has 0 bridgehead atoms. The first kappa shape index (κ1) is 40.7. The average molecular weight is 624 g/mol. The number of amidine groups is 1. The Morgan fingerprint density at radius 2 is 1.91 bits per heavy atom. The lowest BCUT2D eigenvalue weighted by Gasteiger charge is -2.31. The van der Waals surface area contributed by atoms with Crippen LogP contribution < -0.4 is 5.73 Å². The molecular formula is C33H61N5O4S. The molecule has 0 spiro atoms. The summed E-state index contributed by atoms with van der Waals surface area (Å²) >= 11 is 0.796. The van der Waals surface area contributed by atoms with Gasteiger partial charge in [-0.15, -0.1) is 0 Å². The molecule has 2 atom stereocenters. The SMILES string of the molecule is C=C/C=C(OCCCC)\C(C)=C/CC1CC(CN2CCCC2=N)N(CC(=O)N(CCN)CCCC)C1.CC.CSC(=O)O. The van der Waals surface area contributed by atoms with Crippen LogP contribution in [-0.4, -0.2) is 102 Å². The number of carbonyl (C=O) groups is 2. The van der Waals surface area contributed by atoms with Crippen molar-refractivity contribution in [1.29, 1.82) is 5.41 Å². The van der Waals surface area contributed by atoms with E-state index in [1.807, 2.05) is 24.8 Å². The Hall–Kier alpha value is -2.30. The van der Waals surface area contributed by atoms with Gasteiger partial charge in [-0.3, -0.25) is 15.1 Å². The van der Waals surface area contributed by atoms with Crippen molar-refractivity contribution in [3.63, 3.8) is 0 Å². The van der Waals surface area contributed by atoms with Crippen LogP contribution in [0.2, 0.25) is 0 Å². The van der Waals surface area contributed by atoms with Crippen LogP contribution >= 0.6 is 11.8 Å². The molecule has 9 nitrogen and oxygen atoms in total. The van der Waals surface area contributed by atoms with Crippen molar-refractivity contribution in [2.24, 2.45) is 11.7 Å². The molecule has 43 heavy (non-hydrogen) atoms. The summed E-state index contributed by atoms with van der Waals surface area (Å²) in [4.78, 5) is 29.1. The van der Waals surface area contributed by atoms with Gasteiger partial charge in [-0.1, -0.05) is 59.3 Å². The summed E-state index contributed by atoms with van der Waals surface area (Å²) in [5, 5.41) is 15.2. The minimum Gasteiger partial charge on any atom is -0.493 e. The van der Waals surface area contributed by atoms with Gasteiger partial charge in [0.15, 0.2) is 0 Å². The number of hydrogen-bond donors (Lipinski definition) is 3. The molecule has 2 aliphatic heterocycles. The van der Waals surface area contributed by atoms with E-state index >= 15 is 0 Å². The van der Waals surface area contributed by atoms with Crippen LogP contribution in [0.15, 0.2) is 36.1 Å². The smallest absolute Gasteiger partial charge is 0.364 e. The van der Waals surface area contributed by atoms with Crippen LogP contribution in [0.1, 0.15) is 86.0 Å². The molecule has 2 unspecified atom stereocenters. The second-order valence-corrected chi connectivity index (χ2v) is 11.5. The Kier molecular flexibility index (Phi) is 23.7. The number of carboxylic acid groups (broad SMARTS) is 1. The van der Waals surface area contributed by atoms with E-state index in [9.17, 15) is 9.59 Å². The zero-order valence-electron chi connectivity index (χ0n) is 27.9. The summed E-state index contributed by atoms with van der Waals surface area (Å²) < 4.78 is 6.00. The molecule has 0 aromatic carbocycles. The lowest BCUT2D eigenvalue weighted by molar-refractivity contribution is -0.132.